The van der Waals surface area contributed by atoms with Crippen LogP contribution in [0.1, 0.15) is 54.1 Å². The first-order valence-corrected chi connectivity index (χ1v) is 8.48. The molecule has 0 saturated carbocycles. The van der Waals surface area contributed by atoms with Crippen molar-refractivity contribution in [2.45, 2.75) is 40.7 Å². The average Bonchev–Trinajstić information content (AvgIpc) is 2.96. The Morgan fingerprint density at radius 1 is 1.20 bits per heavy atom. The largest absolute Gasteiger partial charge is 0.462 e. The lowest BCUT2D eigenvalue weighted by atomic mass is 10.1. The lowest BCUT2D eigenvalue weighted by Gasteiger charge is -2.17. The van der Waals surface area contributed by atoms with Gasteiger partial charge in [-0.1, -0.05) is 13.8 Å². The predicted octanol–water partition coefficient (Wildman–Crippen LogP) is 3.13. The summed E-state index contributed by atoms with van der Waals surface area (Å²) in [4.78, 5) is 24.1. The zero-order valence-electron chi connectivity index (χ0n) is 15.4. The molecular weight excluding hydrogens is 318 g/mol. The van der Waals surface area contributed by atoms with Crippen LogP contribution in [-0.4, -0.2) is 34.3 Å². The number of carbonyl (C=O) groups excluding carboxylic acids is 2. The molecule has 0 bridgehead atoms. The molecule has 1 N–H and O–H groups in total. The van der Waals surface area contributed by atoms with E-state index in [0.29, 0.717) is 29.3 Å². The van der Waals surface area contributed by atoms with Crippen LogP contribution >= 0.6 is 0 Å². The van der Waals surface area contributed by atoms with Crippen molar-refractivity contribution in [3.8, 4) is 5.69 Å². The maximum Gasteiger partial charge on any atom is 0.341 e. The number of ether oxygens (including phenoxy) is 1. The highest BCUT2D eigenvalue weighted by Gasteiger charge is 2.17. The van der Waals surface area contributed by atoms with E-state index in [-0.39, 0.29) is 17.9 Å². The van der Waals surface area contributed by atoms with Crippen LogP contribution in [0.4, 0.5) is 0 Å². The molecule has 1 unspecified atom stereocenters. The van der Waals surface area contributed by atoms with Crippen LogP contribution in [0.25, 0.3) is 5.69 Å². The number of nitrogens with one attached hydrogen (secondary N) is 1. The third kappa shape index (κ3) is 4.26. The number of aromatic nitrogens is 2. The summed E-state index contributed by atoms with van der Waals surface area (Å²) >= 11 is 0. The first kappa shape index (κ1) is 18.7. The van der Waals surface area contributed by atoms with Crippen molar-refractivity contribution in [2.75, 3.05) is 6.61 Å². The summed E-state index contributed by atoms with van der Waals surface area (Å²) in [5.74, 6) is -0.113. The van der Waals surface area contributed by atoms with E-state index in [0.717, 1.165) is 5.69 Å². The van der Waals surface area contributed by atoms with Gasteiger partial charge in [0.2, 0.25) is 0 Å². The van der Waals surface area contributed by atoms with Gasteiger partial charge in [-0.15, -0.1) is 0 Å². The SMILES string of the molecule is CCOC(=O)c1cnn(-c2ccc(C(=O)NC(C)C(C)C)cc2)c1C. The molecule has 25 heavy (non-hydrogen) atoms. The quantitative estimate of drug-likeness (QED) is 0.818. The fraction of sp³-hybridized carbons (Fsp3) is 0.421. The summed E-state index contributed by atoms with van der Waals surface area (Å²) in [5.41, 5.74) is 2.51. The molecule has 1 amide bonds. The smallest absolute Gasteiger partial charge is 0.341 e. The minimum Gasteiger partial charge on any atom is -0.462 e. The predicted molar refractivity (Wildman–Crippen MR) is 96.0 cm³/mol. The van der Waals surface area contributed by atoms with Crippen molar-refractivity contribution in [3.63, 3.8) is 0 Å². The van der Waals surface area contributed by atoms with Crippen molar-refractivity contribution >= 4 is 11.9 Å². The number of hydrogen-bond donors (Lipinski definition) is 1. The summed E-state index contributed by atoms with van der Waals surface area (Å²) in [6.45, 7) is 10.0. The van der Waals surface area contributed by atoms with Gasteiger partial charge in [0.05, 0.1) is 24.2 Å². The van der Waals surface area contributed by atoms with Gasteiger partial charge in [-0.2, -0.15) is 5.10 Å². The van der Waals surface area contributed by atoms with Crippen LogP contribution in [-0.2, 0) is 4.74 Å². The molecular formula is C19H25N3O3. The van der Waals surface area contributed by atoms with Gasteiger partial charge < -0.3 is 10.1 Å². The Kier molecular flexibility index (Phi) is 5.96. The monoisotopic (exact) mass is 343 g/mol. The summed E-state index contributed by atoms with van der Waals surface area (Å²) in [6, 6.07) is 7.23. The standard InChI is InChI=1S/C19H25N3O3/c1-6-25-19(24)17-11-20-22(14(17)5)16-9-7-15(8-10-16)18(23)21-13(4)12(2)3/h7-13H,6H2,1-5H3,(H,21,23). The Hall–Kier alpha value is -2.63. The Morgan fingerprint density at radius 2 is 1.84 bits per heavy atom. The lowest BCUT2D eigenvalue weighted by Crippen LogP contribution is -2.36. The third-order valence-electron chi connectivity index (χ3n) is 4.24. The fourth-order valence-corrected chi connectivity index (χ4v) is 2.29. The molecule has 2 aromatic rings. The molecule has 0 aliphatic carbocycles. The van der Waals surface area contributed by atoms with Crippen LogP contribution in [0, 0.1) is 12.8 Å². The van der Waals surface area contributed by atoms with Crippen LogP contribution in [0.5, 0.6) is 0 Å². The van der Waals surface area contributed by atoms with Gasteiger partial charge in [-0.3, -0.25) is 4.79 Å². The molecule has 0 aliphatic heterocycles. The summed E-state index contributed by atoms with van der Waals surface area (Å²) < 4.78 is 6.68. The van der Waals surface area contributed by atoms with Gasteiger partial charge in [0, 0.05) is 11.6 Å². The van der Waals surface area contributed by atoms with Gasteiger partial charge in [-0.05, 0) is 51.0 Å². The minimum absolute atomic E-state index is 0.0999. The van der Waals surface area contributed by atoms with Crippen molar-refractivity contribution in [2.24, 2.45) is 5.92 Å². The molecule has 6 heteroatoms. The van der Waals surface area contributed by atoms with E-state index >= 15 is 0 Å². The molecule has 1 aromatic carbocycles. The highest BCUT2D eigenvalue weighted by molar-refractivity contribution is 5.94. The van der Waals surface area contributed by atoms with E-state index in [2.05, 4.69) is 24.3 Å². The first-order valence-electron chi connectivity index (χ1n) is 8.48. The summed E-state index contributed by atoms with van der Waals surface area (Å²) in [6.07, 6.45) is 1.50. The van der Waals surface area contributed by atoms with E-state index in [4.69, 9.17) is 4.74 Å². The molecule has 2 rings (SSSR count). The topological polar surface area (TPSA) is 73.2 Å². The first-order chi connectivity index (χ1) is 11.8. The second-order valence-electron chi connectivity index (χ2n) is 6.33. The maximum atomic E-state index is 12.2. The molecule has 0 spiro atoms. The summed E-state index contributed by atoms with van der Waals surface area (Å²) in [7, 11) is 0. The van der Waals surface area contributed by atoms with E-state index in [1.165, 1.54) is 6.20 Å². The van der Waals surface area contributed by atoms with Crippen molar-refractivity contribution < 1.29 is 14.3 Å². The number of nitrogens with zero attached hydrogens (tertiary/aromatic N) is 2. The minimum atomic E-state index is -0.384. The molecule has 1 aromatic heterocycles. The van der Waals surface area contributed by atoms with Crippen molar-refractivity contribution in [3.05, 3.63) is 47.3 Å². The van der Waals surface area contributed by atoms with Crippen LogP contribution in [0.2, 0.25) is 0 Å². The zero-order valence-corrected chi connectivity index (χ0v) is 15.4. The van der Waals surface area contributed by atoms with Crippen molar-refractivity contribution in [1.29, 1.82) is 0 Å². The van der Waals surface area contributed by atoms with Gasteiger partial charge in [0.15, 0.2) is 0 Å². The Bertz CT molecular complexity index is 748. The number of carbonyl (C=O) groups is 2. The molecule has 1 atom stereocenters. The van der Waals surface area contributed by atoms with E-state index in [1.54, 1.807) is 23.7 Å². The Morgan fingerprint density at radius 3 is 2.40 bits per heavy atom. The van der Waals surface area contributed by atoms with Crippen LogP contribution in [0.3, 0.4) is 0 Å². The highest BCUT2D eigenvalue weighted by Crippen LogP contribution is 2.16. The van der Waals surface area contributed by atoms with E-state index < -0.39 is 0 Å². The van der Waals surface area contributed by atoms with E-state index in [9.17, 15) is 9.59 Å². The molecule has 134 valence electrons. The molecule has 0 saturated heterocycles. The number of hydrogen-bond acceptors (Lipinski definition) is 4. The van der Waals surface area contributed by atoms with Gasteiger partial charge >= 0.3 is 5.97 Å². The maximum absolute atomic E-state index is 12.2. The third-order valence-corrected chi connectivity index (χ3v) is 4.24. The number of benzene rings is 1. The highest BCUT2D eigenvalue weighted by atomic mass is 16.5. The Balaban J connectivity index is 2.18. The molecule has 0 aliphatic rings. The second kappa shape index (κ2) is 7.96. The van der Waals surface area contributed by atoms with Crippen LogP contribution in [0.15, 0.2) is 30.5 Å². The zero-order chi connectivity index (χ0) is 18.6. The van der Waals surface area contributed by atoms with Gasteiger partial charge in [0.1, 0.15) is 5.56 Å². The Labute approximate surface area is 148 Å². The molecule has 6 nitrogen and oxygen atoms in total. The molecule has 0 fully saturated rings. The second-order valence-corrected chi connectivity index (χ2v) is 6.33. The summed E-state index contributed by atoms with van der Waals surface area (Å²) in [5, 5.41) is 7.23. The van der Waals surface area contributed by atoms with Gasteiger partial charge in [-0.25, -0.2) is 9.48 Å². The molecule has 1 heterocycles. The number of amides is 1. The van der Waals surface area contributed by atoms with Crippen LogP contribution < -0.4 is 5.32 Å². The lowest BCUT2D eigenvalue weighted by molar-refractivity contribution is 0.0525. The van der Waals surface area contributed by atoms with E-state index in [1.807, 2.05) is 26.0 Å². The molecule has 0 radical (unpaired) electrons. The normalized spacial score (nSPS) is 12.1. The van der Waals surface area contributed by atoms with Gasteiger partial charge in [0.25, 0.3) is 5.91 Å². The fourth-order valence-electron chi connectivity index (χ4n) is 2.29. The van der Waals surface area contributed by atoms with Crippen molar-refractivity contribution in [1.82, 2.24) is 15.1 Å². The number of esters is 1. The average molecular weight is 343 g/mol. The number of rotatable bonds is 6.